The minimum absolute atomic E-state index is 0.690. The van der Waals surface area contributed by atoms with Crippen LogP contribution in [0.4, 0.5) is 0 Å². The zero-order valence-corrected chi connectivity index (χ0v) is 8.56. The first-order chi connectivity index (χ1) is 6.25. The number of rotatable bonds is 1. The van der Waals surface area contributed by atoms with Gasteiger partial charge in [-0.1, -0.05) is 11.6 Å². The summed E-state index contributed by atoms with van der Waals surface area (Å²) in [6.45, 7) is 1.97. The van der Waals surface area contributed by atoms with E-state index in [1.807, 2.05) is 18.4 Å². The van der Waals surface area contributed by atoms with Crippen LogP contribution in [0.3, 0.4) is 0 Å². The van der Waals surface area contributed by atoms with E-state index in [9.17, 15) is 0 Å². The first-order valence-corrected chi connectivity index (χ1v) is 5.05. The number of halogens is 1. The molecule has 0 radical (unpaired) electrons. The average molecular weight is 211 g/mol. The number of hydrogen-bond acceptors (Lipinski definition) is 3. The molecule has 0 aromatic carbocycles. The SMILES string of the molecule is Cc1nc(-c2cc(Cl)ccn2)cs1. The van der Waals surface area contributed by atoms with Gasteiger partial charge in [-0.2, -0.15) is 0 Å². The van der Waals surface area contributed by atoms with Crippen molar-refractivity contribution in [1.29, 1.82) is 0 Å². The number of aromatic nitrogens is 2. The van der Waals surface area contributed by atoms with Crippen molar-refractivity contribution in [3.63, 3.8) is 0 Å². The molecule has 0 unspecified atom stereocenters. The maximum absolute atomic E-state index is 5.84. The molecule has 0 aliphatic heterocycles. The first kappa shape index (κ1) is 8.66. The Labute approximate surface area is 85.2 Å². The molecule has 0 N–H and O–H groups in total. The van der Waals surface area contributed by atoms with Crippen molar-refractivity contribution < 1.29 is 0 Å². The first-order valence-electron chi connectivity index (χ1n) is 3.80. The van der Waals surface area contributed by atoms with Crippen LogP contribution in [-0.4, -0.2) is 9.97 Å². The third-order valence-corrected chi connectivity index (χ3v) is 2.61. The molecule has 0 aliphatic carbocycles. The lowest BCUT2D eigenvalue weighted by molar-refractivity contribution is 1.24. The largest absolute Gasteiger partial charge is 0.254 e. The molecule has 0 saturated carbocycles. The predicted octanol–water partition coefficient (Wildman–Crippen LogP) is 3.17. The summed E-state index contributed by atoms with van der Waals surface area (Å²) >= 11 is 7.45. The molecular weight excluding hydrogens is 204 g/mol. The lowest BCUT2D eigenvalue weighted by atomic mass is 10.3. The van der Waals surface area contributed by atoms with Gasteiger partial charge in [0.05, 0.1) is 16.4 Å². The van der Waals surface area contributed by atoms with Crippen molar-refractivity contribution in [2.45, 2.75) is 6.92 Å². The van der Waals surface area contributed by atoms with Crippen molar-refractivity contribution in [2.24, 2.45) is 0 Å². The summed E-state index contributed by atoms with van der Waals surface area (Å²) in [5.74, 6) is 0. The molecule has 0 atom stereocenters. The van der Waals surface area contributed by atoms with Gasteiger partial charge in [-0.25, -0.2) is 4.98 Å². The van der Waals surface area contributed by atoms with E-state index >= 15 is 0 Å². The second-order valence-corrected chi connectivity index (χ2v) is 4.11. The summed E-state index contributed by atoms with van der Waals surface area (Å²) in [6, 6.07) is 3.57. The Morgan fingerprint density at radius 3 is 2.85 bits per heavy atom. The van der Waals surface area contributed by atoms with Gasteiger partial charge < -0.3 is 0 Å². The van der Waals surface area contributed by atoms with E-state index in [1.54, 1.807) is 23.6 Å². The molecular formula is C9H7ClN2S. The fraction of sp³-hybridized carbons (Fsp3) is 0.111. The van der Waals surface area contributed by atoms with Gasteiger partial charge in [0.25, 0.3) is 0 Å². The molecule has 0 spiro atoms. The van der Waals surface area contributed by atoms with Crippen molar-refractivity contribution in [1.82, 2.24) is 9.97 Å². The van der Waals surface area contributed by atoms with Crippen LogP contribution in [0.1, 0.15) is 5.01 Å². The average Bonchev–Trinajstić information content (AvgIpc) is 2.52. The Morgan fingerprint density at radius 1 is 1.38 bits per heavy atom. The Morgan fingerprint density at radius 2 is 2.23 bits per heavy atom. The molecule has 0 amide bonds. The van der Waals surface area contributed by atoms with Crippen molar-refractivity contribution in [3.8, 4) is 11.4 Å². The van der Waals surface area contributed by atoms with Crippen LogP contribution in [0.25, 0.3) is 11.4 Å². The van der Waals surface area contributed by atoms with Gasteiger partial charge in [-0.05, 0) is 19.1 Å². The Balaban J connectivity index is 2.46. The fourth-order valence-corrected chi connectivity index (χ4v) is 1.79. The summed E-state index contributed by atoms with van der Waals surface area (Å²) in [4.78, 5) is 8.50. The molecule has 0 fully saturated rings. The number of thiazole rings is 1. The van der Waals surface area contributed by atoms with Gasteiger partial charge >= 0.3 is 0 Å². The number of hydrogen-bond donors (Lipinski definition) is 0. The topological polar surface area (TPSA) is 25.8 Å². The summed E-state index contributed by atoms with van der Waals surface area (Å²) < 4.78 is 0. The standard InChI is InChI=1S/C9H7ClN2S/c1-6-12-9(5-13-6)8-4-7(10)2-3-11-8/h2-5H,1H3. The van der Waals surface area contributed by atoms with Gasteiger partial charge in [-0.3, -0.25) is 4.98 Å². The molecule has 13 heavy (non-hydrogen) atoms. The molecule has 66 valence electrons. The number of aryl methyl sites for hydroxylation is 1. The maximum Gasteiger partial charge on any atom is 0.0999 e. The van der Waals surface area contributed by atoms with Crippen molar-refractivity contribution >= 4 is 22.9 Å². The molecule has 2 heterocycles. The van der Waals surface area contributed by atoms with Gasteiger partial charge in [0.2, 0.25) is 0 Å². The number of nitrogens with zero attached hydrogens (tertiary/aromatic N) is 2. The summed E-state index contributed by atoms with van der Waals surface area (Å²) in [5, 5.41) is 3.71. The summed E-state index contributed by atoms with van der Waals surface area (Å²) in [7, 11) is 0. The zero-order valence-electron chi connectivity index (χ0n) is 6.99. The minimum Gasteiger partial charge on any atom is -0.254 e. The molecule has 0 bridgehead atoms. The highest BCUT2D eigenvalue weighted by atomic mass is 35.5. The maximum atomic E-state index is 5.84. The molecule has 2 aromatic heterocycles. The van der Waals surface area contributed by atoms with Gasteiger partial charge in [0.15, 0.2) is 0 Å². The molecule has 2 nitrogen and oxygen atoms in total. The van der Waals surface area contributed by atoms with Gasteiger partial charge in [-0.15, -0.1) is 11.3 Å². The predicted molar refractivity (Wildman–Crippen MR) is 55.1 cm³/mol. The van der Waals surface area contributed by atoms with E-state index < -0.39 is 0 Å². The van der Waals surface area contributed by atoms with E-state index in [2.05, 4.69) is 9.97 Å². The van der Waals surface area contributed by atoms with Crippen LogP contribution < -0.4 is 0 Å². The quantitative estimate of drug-likeness (QED) is 0.723. The second kappa shape index (κ2) is 3.44. The summed E-state index contributed by atoms with van der Waals surface area (Å²) in [5.41, 5.74) is 1.72. The third-order valence-electron chi connectivity index (χ3n) is 1.60. The molecule has 0 aliphatic rings. The van der Waals surface area contributed by atoms with Gasteiger partial charge in [0, 0.05) is 16.6 Å². The monoisotopic (exact) mass is 210 g/mol. The Hall–Kier alpha value is -0.930. The smallest absolute Gasteiger partial charge is 0.0999 e. The summed E-state index contributed by atoms with van der Waals surface area (Å²) in [6.07, 6.45) is 1.69. The molecule has 0 saturated heterocycles. The molecule has 2 aromatic rings. The lowest BCUT2D eigenvalue weighted by Crippen LogP contribution is -1.82. The normalized spacial score (nSPS) is 10.3. The van der Waals surface area contributed by atoms with E-state index in [-0.39, 0.29) is 0 Å². The highest BCUT2D eigenvalue weighted by Crippen LogP contribution is 2.21. The van der Waals surface area contributed by atoms with Crippen LogP contribution in [-0.2, 0) is 0 Å². The molecule has 2 rings (SSSR count). The minimum atomic E-state index is 0.690. The second-order valence-electron chi connectivity index (χ2n) is 2.61. The fourth-order valence-electron chi connectivity index (χ4n) is 1.03. The van der Waals surface area contributed by atoms with E-state index in [0.717, 1.165) is 16.4 Å². The molecule has 4 heteroatoms. The van der Waals surface area contributed by atoms with Crippen molar-refractivity contribution in [3.05, 3.63) is 33.7 Å². The Bertz CT molecular complexity index is 425. The van der Waals surface area contributed by atoms with E-state index in [4.69, 9.17) is 11.6 Å². The van der Waals surface area contributed by atoms with Crippen LogP contribution in [0, 0.1) is 6.92 Å². The lowest BCUT2D eigenvalue weighted by Gasteiger charge is -1.94. The van der Waals surface area contributed by atoms with Crippen LogP contribution in [0.15, 0.2) is 23.7 Å². The van der Waals surface area contributed by atoms with E-state index in [1.165, 1.54) is 0 Å². The Kier molecular flexibility index (Phi) is 2.29. The zero-order chi connectivity index (χ0) is 9.26. The van der Waals surface area contributed by atoms with Crippen LogP contribution in [0.2, 0.25) is 5.02 Å². The van der Waals surface area contributed by atoms with E-state index in [0.29, 0.717) is 5.02 Å². The third kappa shape index (κ3) is 1.87. The highest BCUT2D eigenvalue weighted by molar-refractivity contribution is 7.09. The van der Waals surface area contributed by atoms with Crippen molar-refractivity contribution in [2.75, 3.05) is 0 Å². The van der Waals surface area contributed by atoms with Crippen LogP contribution in [0.5, 0.6) is 0 Å². The number of pyridine rings is 1. The van der Waals surface area contributed by atoms with Gasteiger partial charge in [0.1, 0.15) is 0 Å². The highest BCUT2D eigenvalue weighted by Gasteiger charge is 2.02. The van der Waals surface area contributed by atoms with Crippen LogP contribution >= 0.6 is 22.9 Å².